The molecule has 2 rings (SSSR count). The number of fused-ring (bicyclic) bond motifs is 1. The third-order valence-corrected chi connectivity index (χ3v) is 3.19. The molecular formula is C14H17NO3. The zero-order chi connectivity index (χ0) is 13.3. The monoisotopic (exact) mass is 247 g/mol. The van der Waals surface area contributed by atoms with Crippen LogP contribution in [0.4, 0.5) is 5.69 Å². The molecule has 4 nitrogen and oxygen atoms in total. The number of anilines is 1. The summed E-state index contributed by atoms with van der Waals surface area (Å²) < 4.78 is 0. The van der Waals surface area contributed by atoms with Crippen molar-refractivity contribution >= 4 is 17.4 Å². The van der Waals surface area contributed by atoms with E-state index >= 15 is 0 Å². The van der Waals surface area contributed by atoms with Crippen molar-refractivity contribution in [1.29, 1.82) is 0 Å². The van der Waals surface area contributed by atoms with E-state index in [-0.39, 0.29) is 18.1 Å². The fraction of sp³-hybridized carbons (Fsp3) is 0.429. The van der Waals surface area contributed by atoms with Gasteiger partial charge in [0.1, 0.15) is 5.78 Å². The van der Waals surface area contributed by atoms with Crippen molar-refractivity contribution in [2.45, 2.75) is 32.3 Å². The Bertz CT molecular complexity index is 498. The summed E-state index contributed by atoms with van der Waals surface area (Å²) in [6.07, 6.45) is 0.638. The summed E-state index contributed by atoms with van der Waals surface area (Å²) in [6.45, 7) is 3.91. The molecule has 18 heavy (non-hydrogen) atoms. The number of hydrogen-bond acceptors (Lipinski definition) is 3. The summed E-state index contributed by atoms with van der Waals surface area (Å²) in [5.41, 5.74) is -0.427. The molecule has 0 bridgehead atoms. The maximum atomic E-state index is 12.3. The quantitative estimate of drug-likeness (QED) is 0.879. The standard InChI is InChI=1S/C14H17NO3/c1-3-8-15-12-7-5-4-6-11(12)14(18,13(15)17)9-10(2)16/h4-7,18H,3,8-9H2,1-2H3/t14-/m0/s1. The van der Waals surface area contributed by atoms with Crippen molar-refractivity contribution in [2.75, 3.05) is 11.4 Å². The van der Waals surface area contributed by atoms with E-state index in [9.17, 15) is 14.7 Å². The molecule has 1 aromatic rings. The predicted octanol–water partition coefficient (Wildman–Crippen LogP) is 1.61. The van der Waals surface area contributed by atoms with Gasteiger partial charge in [-0.15, -0.1) is 0 Å². The van der Waals surface area contributed by atoms with Crippen LogP contribution in [0.15, 0.2) is 24.3 Å². The van der Waals surface area contributed by atoms with E-state index in [1.807, 2.05) is 13.0 Å². The average Bonchev–Trinajstić information content (AvgIpc) is 2.52. The first-order valence-electron chi connectivity index (χ1n) is 6.14. The molecule has 1 N–H and O–H groups in total. The van der Waals surface area contributed by atoms with Crippen LogP contribution in [0, 0.1) is 0 Å². The van der Waals surface area contributed by atoms with Crippen LogP contribution in [0.2, 0.25) is 0 Å². The Morgan fingerprint density at radius 1 is 1.39 bits per heavy atom. The molecule has 0 aromatic heterocycles. The van der Waals surface area contributed by atoms with E-state index in [0.717, 1.165) is 6.42 Å². The van der Waals surface area contributed by atoms with Gasteiger partial charge in [0.05, 0.1) is 5.69 Å². The number of ketones is 1. The summed E-state index contributed by atoms with van der Waals surface area (Å²) in [5.74, 6) is -0.584. The largest absolute Gasteiger partial charge is 0.375 e. The number of carbonyl (C=O) groups is 2. The molecule has 0 spiro atoms. The topological polar surface area (TPSA) is 57.6 Å². The van der Waals surface area contributed by atoms with Crippen LogP contribution in [0.3, 0.4) is 0 Å². The summed E-state index contributed by atoms with van der Waals surface area (Å²) in [5, 5.41) is 10.6. The minimum atomic E-state index is -1.68. The molecule has 1 aliphatic rings. The van der Waals surface area contributed by atoms with E-state index in [4.69, 9.17) is 0 Å². The molecule has 0 aliphatic carbocycles. The highest BCUT2D eigenvalue weighted by Crippen LogP contribution is 2.42. The van der Waals surface area contributed by atoms with Gasteiger partial charge in [-0.2, -0.15) is 0 Å². The van der Waals surface area contributed by atoms with E-state index in [0.29, 0.717) is 17.8 Å². The van der Waals surface area contributed by atoms with Crippen LogP contribution in [-0.4, -0.2) is 23.3 Å². The van der Waals surface area contributed by atoms with E-state index in [2.05, 4.69) is 0 Å². The first-order chi connectivity index (χ1) is 8.50. The van der Waals surface area contributed by atoms with Gasteiger partial charge in [-0.3, -0.25) is 9.59 Å². The van der Waals surface area contributed by atoms with Crippen molar-refractivity contribution in [1.82, 2.24) is 0 Å². The van der Waals surface area contributed by atoms with Gasteiger partial charge in [-0.1, -0.05) is 25.1 Å². The lowest BCUT2D eigenvalue weighted by atomic mass is 9.90. The van der Waals surface area contributed by atoms with E-state index in [1.165, 1.54) is 6.92 Å². The summed E-state index contributed by atoms with van der Waals surface area (Å²) in [4.78, 5) is 25.2. The Balaban J connectivity index is 2.50. The molecular weight excluding hydrogens is 230 g/mol. The van der Waals surface area contributed by atoms with E-state index in [1.54, 1.807) is 23.1 Å². The van der Waals surface area contributed by atoms with Gasteiger partial charge in [0, 0.05) is 18.5 Å². The van der Waals surface area contributed by atoms with Crippen molar-refractivity contribution in [3.8, 4) is 0 Å². The van der Waals surface area contributed by atoms with Gasteiger partial charge in [-0.25, -0.2) is 0 Å². The smallest absolute Gasteiger partial charge is 0.264 e. The highest BCUT2D eigenvalue weighted by Gasteiger charge is 2.49. The Kier molecular flexibility index (Phi) is 3.22. The van der Waals surface area contributed by atoms with Crippen molar-refractivity contribution in [3.05, 3.63) is 29.8 Å². The Morgan fingerprint density at radius 3 is 2.67 bits per heavy atom. The van der Waals surface area contributed by atoms with Crippen LogP contribution >= 0.6 is 0 Å². The molecule has 1 heterocycles. The molecule has 0 saturated heterocycles. The first kappa shape index (κ1) is 12.8. The number of hydrogen-bond donors (Lipinski definition) is 1. The van der Waals surface area contributed by atoms with Crippen LogP contribution in [0.1, 0.15) is 32.3 Å². The molecule has 0 radical (unpaired) electrons. The minimum absolute atomic E-state index is 0.164. The summed E-state index contributed by atoms with van der Waals surface area (Å²) >= 11 is 0. The van der Waals surface area contributed by atoms with Crippen molar-refractivity contribution in [3.63, 3.8) is 0 Å². The number of aliphatic hydroxyl groups is 1. The molecule has 1 aliphatic heterocycles. The molecule has 0 fully saturated rings. The van der Waals surface area contributed by atoms with Gasteiger partial charge >= 0.3 is 0 Å². The van der Waals surface area contributed by atoms with Crippen LogP contribution in [0.5, 0.6) is 0 Å². The van der Waals surface area contributed by atoms with Gasteiger partial charge in [0.25, 0.3) is 5.91 Å². The highest BCUT2D eigenvalue weighted by atomic mass is 16.3. The number of amides is 1. The number of Topliss-reactive ketones (excluding diaryl/α,β-unsaturated/α-hetero) is 1. The molecule has 1 atom stereocenters. The van der Waals surface area contributed by atoms with Gasteiger partial charge in [0.2, 0.25) is 0 Å². The van der Waals surface area contributed by atoms with Gasteiger partial charge in [-0.05, 0) is 19.4 Å². The van der Waals surface area contributed by atoms with Gasteiger partial charge < -0.3 is 10.0 Å². The Hall–Kier alpha value is -1.68. The Labute approximate surface area is 106 Å². The second kappa shape index (κ2) is 4.53. The fourth-order valence-corrected chi connectivity index (χ4v) is 2.48. The number of rotatable bonds is 4. The highest BCUT2D eigenvalue weighted by molar-refractivity contribution is 6.08. The summed E-state index contributed by atoms with van der Waals surface area (Å²) in [7, 11) is 0. The van der Waals surface area contributed by atoms with Crippen molar-refractivity contribution in [2.24, 2.45) is 0 Å². The van der Waals surface area contributed by atoms with Crippen LogP contribution in [-0.2, 0) is 15.2 Å². The maximum absolute atomic E-state index is 12.3. The van der Waals surface area contributed by atoms with Crippen LogP contribution in [0.25, 0.3) is 0 Å². The zero-order valence-corrected chi connectivity index (χ0v) is 10.6. The number of para-hydroxylation sites is 1. The Morgan fingerprint density at radius 2 is 2.06 bits per heavy atom. The lowest BCUT2D eigenvalue weighted by Crippen LogP contribution is -2.41. The number of carbonyl (C=O) groups excluding carboxylic acids is 2. The molecule has 0 saturated carbocycles. The molecule has 4 heteroatoms. The lowest BCUT2D eigenvalue weighted by molar-refractivity contribution is -0.141. The SMILES string of the molecule is CCCN1C(=O)[C@](O)(CC(C)=O)c2ccccc21. The van der Waals surface area contributed by atoms with E-state index < -0.39 is 5.60 Å². The first-order valence-corrected chi connectivity index (χ1v) is 6.14. The van der Waals surface area contributed by atoms with Gasteiger partial charge in [0.15, 0.2) is 5.60 Å². The third kappa shape index (κ3) is 1.82. The van der Waals surface area contributed by atoms with Crippen molar-refractivity contribution < 1.29 is 14.7 Å². The molecule has 1 amide bonds. The normalized spacial score (nSPS) is 22.2. The maximum Gasteiger partial charge on any atom is 0.264 e. The predicted molar refractivity (Wildman–Crippen MR) is 68.3 cm³/mol. The molecule has 0 unspecified atom stereocenters. The number of benzene rings is 1. The minimum Gasteiger partial charge on any atom is -0.375 e. The third-order valence-electron chi connectivity index (χ3n) is 3.19. The van der Waals surface area contributed by atoms with Crippen LogP contribution < -0.4 is 4.90 Å². The zero-order valence-electron chi connectivity index (χ0n) is 10.6. The second-order valence-electron chi connectivity index (χ2n) is 4.71. The molecule has 1 aromatic carbocycles. The summed E-state index contributed by atoms with van der Waals surface area (Å²) in [6, 6.07) is 7.12. The molecule has 96 valence electrons. The lowest BCUT2D eigenvalue weighted by Gasteiger charge is -2.21. The average molecular weight is 247 g/mol. The fourth-order valence-electron chi connectivity index (χ4n) is 2.48. The number of nitrogens with zero attached hydrogens (tertiary/aromatic N) is 1. The second-order valence-corrected chi connectivity index (χ2v) is 4.71.